The summed E-state index contributed by atoms with van der Waals surface area (Å²) in [7, 11) is 0. The maximum absolute atomic E-state index is 13.2. The summed E-state index contributed by atoms with van der Waals surface area (Å²) in [6.45, 7) is 3.01. The Morgan fingerprint density at radius 3 is 2.34 bits per heavy atom. The molecule has 0 saturated carbocycles. The molecule has 0 aliphatic rings. The van der Waals surface area contributed by atoms with Crippen LogP contribution in [-0.4, -0.2) is 34.0 Å². The molecule has 186 valence electrons. The minimum absolute atomic E-state index is 0.0367. The molecule has 8 nitrogen and oxygen atoms in total. The van der Waals surface area contributed by atoms with E-state index in [1.54, 1.807) is 36.4 Å². The molecule has 0 fully saturated rings. The van der Waals surface area contributed by atoms with Crippen molar-refractivity contribution < 1.29 is 9.59 Å². The van der Waals surface area contributed by atoms with Crippen LogP contribution in [0.3, 0.4) is 0 Å². The minimum Gasteiger partial charge on any atom is -0.356 e. The second-order valence-corrected chi connectivity index (χ2v) is 8.81. The SMILES string of the molecule is CCCNC(=O)CCCCn1c(=O)c2ccccc2n(CC(=O)NCCc2ccc(Cl)cc2)c1=O. The molecule has 0 saturated heterocycles. The fraction of sp³-hybridized carbons (Fsp3) is 0.385. The quantitative estimate of drug-likeness (QED) is 0.375. The number of benzene rings is 2. The first-order valence-corrected chi connectivity index (χ1v) is 12.3. The molecular formula is C26H31ClN4O4. The Bertz CT molecular complexity index is 1280. The lowest BCUT2D eigenvalue weighted by Crippen LogP contribution is -2.43. The van der Waals surface area contributed by atoms with E-state index >= 15 is 0 Å². The first-order chi connectivity index (χ1) is 16.9. The fourth-order valence-electron chi connectivity index (χ4n) is 3.83. The second-order valence-electron chi connectivity index (χ2n) is 8.38. The van der Waals surface area contributed by atoms with Gasteiger partial charge in [-0.3, -0.25) is 23.5 Å². The number of para-hydroxylation sites is 1. The average Bonchev–Trinajstić information content (AvgIpc) is 2.86. The number of nitrogens with zero attached hydrogens (tertiary/aromatic N) is 2. The van der Waals surface area contributed by atoms with Gasteiger partial charge in [0, 0.05) is 31.1 Å². The van der Waals surface area contributed by atoms with Crippen LogP contribution in [0.2, 0.25) is 5.02 Å². The molecule has 3 rings (SSSR count). The van der Waals surface area contributed by atoms with Crippen molar-refractivity contribution in [1.82, 2.24) is 19.8 Å². The number of halogens is 1. The molecule has 2 amide bonds. The standard InChI is InChI=1S/C26H31ClN4O4/c1-2-15-28-23(32)9-5-6-17-30-25(34)21-7-3-4-8-22(21)31(26(30)35)18-24(33)29-16-14-19-10-12-20(27)13-11-19/h3-4,7-8,10-13H,2,5-6,9,14-18H2,1H3,(H,28,32)(H,29,33). The van der Waals surface area contributed by atoms with Crippen molar-refractivity contribution in [1.29, 1.82) is 0 Å². The van der Waals surface area contributed by atoms with E-state index in [1.165, 1.54) is 4.57 Å². The van der Waals surface area contributed by atoms with Crippen LogP contribution in [0.1, 0.15) is 38.2 Å². The van der Waals surface area contributed by atoms with Crippen molar-refractivity contribution in [3.63, 3.8) is 0 Å². The molecule has 0 radical (unpaired) electrons. The molecule has 2 aromatic carbocycles. The van der Waals surface area contributed by atoms with Gasteiger partial charge in [0.1, 0.15) is 6.54 Å². The number of fused-ring (bicyclic) bond motifs is 1. The average molecular weight is 499 g/mol. The maximum atomic E-state index is 13.2. The lowest BCUT2D eigenvalue weighted by molar-refractivity contribution is -0.122. The third kappa shape index (κ3) is 7.29. The van der Waals surface area contributed by atoms with Gasteiger partial charge in [-0.05, 0) is 55.5 Å². The summed E-state index contributed by atoms with van der Waals surface area (Å²) in [5.74, 6) is -0.352. The van der Waals surface area contributed by atoms with E-state index in [4.69, 9.17) is 11.6 Å². The molecule has 0 atom stereocenters. The Hall–Kier alpha value is -3.39. The lowest BCUT2D eigenvalue weighted by Gasteiger charge is -2.14. The summed E-state index contributed by atoms with van der Waals surface area (Å²) in [4.78, 5) is 50.6. The van der Waals surface area contributed by atoms with Gasteiger partial charge in [-0.2, -0.15) is 0 Å². The Labute approximate surface area is 208 Å². The number of rotatable bonds is 12. The summed E-state index contributed by atoms with van der Waals surface area (Å²) in [5, 5.41) is 6.68. The highest BCUT2D eigenvalue weighted by Gasteiger charge is 2.15. The van der Waals surface area contributed by atoms with Crippen molar-refractivity contribution in [3.8, 4) is 0 Å². The van der Waals surface area contributed by atoms with Gasteiger partial charge < -0.3 is 10.6 Å². The van der Waals surface area contributed by atoms with Crippen LogP contribution < -0.4 is 21.9 Å². The molecule has 0 unspecified atom stereocenters. The van der Waals surface area contributed by atoms with E-state index < -0.39 is 5.69 Å². The van der Waals surface area contributed by atoms with Crippen LogP contribution in [0, 0.1) is 0 Å². The van der Waals surface area contributed by atoms with E-state index in [2.05, 4.69) is 10.6 Å². The number of amides is 2. The maximum Gasteiger partial charge on any atom is 0.331 e. The van der Waals surface area contributed by atoms with Gasteiger partial charge in [0.2, 0.25) is 11.8 Å². The molecule has 0 bridgehead atoms. The van der Waals surface area contributed by atoms with Crippen molar-refractivity contribution >= 4 is 34.3 Å². The molecule has 1 heterocycles. The Balaban J connectivity index is 1.69. The monoisotopic (exact) mass is 498 g/mol. The zero-order valence-electron chi connectivity index (χ0n) is 19.9. The van der Waals surface area contributed by atoms with Gasteiger partial charge in [-0.15, -0.1) is 0 Å². The summed E-state index contributed by atoms with van der Waals surface area (Å²) >= 11 is 5.90. The van der Waals surface area contributed by atoms with Crippen LogP contribution in [0.4, 0.5) is 0 Å². The van der Waals surface area contributed by atoms with Crippen LogP contribution in [0.25, 0.3) is 10.9 Å². The first-order valence-electron chi connectivity index (χ1n) is 11.9. The van der Waals surface area contributed by atoms with Crippen molar-refractivity contribution in [2.75, 3.05) is 13.1 Å². The van der Waals surface area contributed by atoms with Gasteiger partial charge >= 0.3 is 5.69 Å². The van der Waals surface area contributed by atoms with Gasteiger partial charge in [0.15, 0.2) is 0 Å². The van der Waals surface area contributed by atoms with Gasteiger partial charge in [0.05, 0.1) is 10.9 Å². The molecule has 9 heteroatoms. The normalized spacial score (nSPS) is 10.9. The Morgan fingerprint density at radius 2 is 1.60 bits per heavy atom. The van der Waals surface area contributed by atoms with Crippen LogP contribution >= 0.6 is 11.6 Å². The molecule has 2 N–H and O–H groups in total. The molecule has 3 aromatic rings. The molecule has 0 spiro atoms. The number of unbranched alkanes of at least 4 members (excludes halogenated alkanes) is 1. The van der Waals surface area contributed by atoms with E-state index in [0.717, 1.165) is 16.6 Å². The van der Waals surface area contributed by atoms with E-state index in [0.29, 0.717) is 54.7 Å². The summed E-state index contributed by atoms with van der Waals surface area (Å²) in [6.07, 6.45) is 2.89. The zero-order chi connectivity index (χ0) is 25.2. The smallest absolute Gasteiger partial charge is 0.331 e. The summed E-state index contributed by atoms with van der Waals surface area (Å²) < 4.78 is 2.50. The lowest BCUT2D eigenvalue weighted by atomic mass is 10.1. The minimum atomic E-state index is -0.531. The molecular weight excluding hydrogens is 468 g/mol. The van der Waals surface area contributed by atoms with Crippen LogP contribution in [-0.2, 0) is 29.1 Å². The number of aromatic nitrogens is 2. The predicted octanol–water partition coefficient (Wildman–Crippen LogP) is 2.87. The fourth-order valence-corrected chi connectivity index (χ4v) is 3.95. The van der Waals surface area contributed by atoms with Crippen LogP contribution in [0.15, 0.2) is 58.1 Å². The first kappa shape index (κ1) is 26.2. The van der Waals surface area contributed by atoms with Crippen LogP contribution in [0.5, 0.6) is 0 Å². The molecule has 35 heavy (non-hydrogen) atoms. The molecule has 1 aromatic heterocycles. The third-order valence-electron chi connectivity index (χ3n) is 5.69. The summed E-state index contributed by atoms with van der Waals surface area (Å²) in [6, 6.07) is 14.2. The number of carbonyl (C=O) groups excluding carboxylic acids is 2. The van der Waals surface area contributed by atoms with E-state index in [1.807, 2.05) is 19.1 Å². The largest absolute Gasteiger partial charge is 0.356 e. The van der Waals surface area contributed by atoms with Crippen molar-refractivity contribution in [2.24, 2.45) is 0 Å². The predicted molar refractivity (Wildman–Crippen MR) is 138 cm³/mol. The van der Waals surface area contributed by atoms with E-state index in [9.17, 15) is 19.2 Å². The topological polar surface area (TPSA) is 102 Å². The Kier molecular flexibility index (Phi) is 9.66. The van der Waals surface area contributed by atoms with Crippen molar-refractivity contribution in [2.45, 2.75) is 52.1 Å². The number of hydrogen-bond donors (Lipinski definition) is 2. The zero-order valence-corrected chi connectivity index (χ0v) is 20.6. The highest BCUT2D eigenvalue weighted by atomic mass is 35.5. The molecule has 0 aliphatic heterocycles. The highest BCUT2D eigenvalue weighted by molar-refractivity contribution is 6.30. The third-order valence-corrected chi connectivity index (χ3v) is 5.94. The van der Waals surface area contributed by atoms with Gasteiger partial charge in [-0.1, -0.05) is 42.8 Å². The number of hydrogen-bond acceptors (Lipinski definition) is 4. The second kappa shape index (κ2) is 12.9. The van der Waals surface area contributed by atoms with E-state index in [-0.39, 0.29) is 30.5 Å². The van der Waals surface area contributed by atoms with Crippen molar-refractivity contribution in [3.05, 3.63) is 80.0 Å². The summed E-state index contributed by atoms with van der Waals surface area (Å²) in [5.41, 5.74) is 0.539. The number of carbonyl (C=O) groups is 2. The number of nitrogens with one attached hydrogen (secondary N) is 2. The van der Waals surface area contributed by atoms with Gasteiger partial charge in [-0.25, -0.2) is 4.79 Å². The molecule has 0 aliphatic carbocycles. The Morgan fingerprint density at radius 1 is 0.886 bits per heavy atom. The van der Waals surface area contributed by atoms with Gasteiger partial charge in [0.25, 0.3) is 5.56 Å². The highest BCUT2D eigenvalue weighted by Crippen LogP contribution is 2.10.